The molecule has 1 aromatic rings. The van der Waals surface area contributed by atoms with Crippen LogP contribution in [0, 0.1) is 0 Å². The van der Waals surface area contributed by atoms with Crippen molar-refractivity contribution >= 4 is 18.4 Å². The van der Waals surface area contributed by atoms with Crippen LogP contribution in [-0.2, 0) is 11.3 Å². The van der Waals surface area contributed by atoms with Crippen LogP contribution in [0.15, 0.2) is 24.3 Å². The zero-order valence-corrected chi connectivity index (χ0v) is 11.7. The zero-order chi connectivity index (χ0) is 12.9. The van der Waals surface area contributed by atoms with E-state index in [9.17, 15) is 4.79 Å². The van der Waals surface area contributed by atoms with Crippen molar-refractivity contribution in [2.45, 2.75) is 32.9 Å². The van der Waals surface area contributed by atoms with Gasteiger partial charge in [0.25, 0.3) is 0 Å². The molecule has 102 valence electrons. The summed E-state index contributed by atoms with van der Waals surface area (Å²) in [5, 5.41) is 11.9. The van der Waals surface area contributed by atoms with Crippen molar-refractivity contribution in [1.82, 2.24) is 5.32 Å². The molecule has 0 unspecified atom stereocenters. The van der Waals surface area contributed by atoms with Gasteiger partial charge < -0.3 is 15.2 Å². The maximum Gasteiger partial charge on any atom is 0.341 e. The van der Waals surface area contributed by atoms with Crippen LogP contribution in [0.4, 0.5) is 0 Å². The summed E-state index contributed by atoms with van der Waals surface area (Å²) in [6.07, 6.45) is 0. The average Bonchev–Trinajstić information content (AvgIpc) is 2.23. The molecule has 0 aliphatic carbocycles. The van der Waals surface area contributed by atoms with E-state index < -0.39 is 5.97 Å². The van der Waals surface area contributed by atoms with Gasteiger partial charge in [0, 0.05) is 17.6 Å². The third-order valence-electron chi connectivity index (χ3n) is 2.13. The highest BCUT2D eigenvalue weighted by Crippen LogP contribution is 2.18. The highest BCUT2D eigenvalue weighted by Gasteiger charge is 2.11. The molecule has 18 heavy (non-hydrogen) atoms. The first-order chi connectivity index (χ1) is 7.88. The number of carboxylic acid groups (broad SMARTS) is 1. The first-order valence-corrected chi connectivity index (χ1v) is 5.56. The molecule has 4 nitrogen and oxygen atoms in total. The molecule has 0 saturated heterocycles. The Morgan fingerprint density at radius 2 is 1.94 bits per heavy atom. The summed E-state index contributed by atoms with van der Waals surface area (Å²) < 4.78 is 5.22. The molecule has 0 amide bonds. The molecule has 0 atom stereocenters. The molecule has 0 aliphatic rings. The van der Waals surface area contributed by atoms with Crippen LogP contribution in [-0.4, -0.2) is 23.2 Å². The lowest BCUT2D eigenvalue weighted by molar-refractivity contribution is -0.139. The second-order valence-corrected chi connectivity index (χ2v) is 4.89. The minimum Gasteiger partial charge on any atom is -0.482 e. The number of carboxylic acids is 1. The van der Waals surface area contributed by atoms with Crippen LogP contribution in [0.3, 0.4) is 0 Å². The summed E-state index contributed by atoms with van der Waals surface area (Å²) in [5.41, 5.74) is 0.976. The van der Waals surface area contributed by atoms with Gasteiger partial charge in [-0.05, 0) is 26.8 Å². The van der Waals surface area contributed by atoms with Crippen LogP contribution in [0.1, 0.15) is 26.3 Å². The second kappa shape index (κ2) is 7.24. The molecule has 0 aliphatic heterocycles. The average molecular weight is 274 g/mol. The van der Waals surface area contributed by atoms with Crippen molar-refractivity contribution in [3.05, 3.63) is 29.8 Å². The Hall–Kier alpha value is -1.26. The van der Waals surface area contributed by atoms with Gasteiger partial charge in [-0.15, -0.1) is 12.4 Å². The predicted octanol–water partition coefficient (Wildman–Crippen LogP) is 2.46. The Morgan fingerprint density at radius 1 is 1.33 bits per heavy atom. The van der Waals surface area contributed by atoms with E-state index >= 15 is 0 Å². The topological polar surface area (TPSA) is 58.6 Å². The fourth-order valence-corrected chi connectivity index (χ4v) is 1.29. The summed E-state index contributed by atoms with van der Waals surface area (Å²) in [5.74, 6) is -0.352. The number of para-hydroxylation sites is 1. The Kier molecular flexibility index (Phi) is 6.73. The van der Waals surface area contributed by atoms with Gasteiger partial charge in [0.15, 0.2) is 6.61 Å². The molecule has 0 fully saturated rings. The lowest BCUT2D eigenvalue weighted by Crippen LogP contribution is -2.35. The number of benzene rings is 1. The third kappa shape index (κ3) is 6.47. The number of hydrogen-bond acceptors (Lipinski definition) is 3. The van der Waals surface area contributed by atoms with Gasteiger partial charge in [-0.1, -0.05) is 18.2 Å². The van der Waals surface area contributed by atoms with Crippen LogP contribution in [0.5, 0.6) is 5.75 Å². The van der Waals surface area contributed by atoms with Crippen LogP contribution < -0.4 is 10.1 Å². The number of ether oxygens (including phenoxy) is 1. The second-order valence-electron chi connectivity index (χ2n) is 4.89. The molecule has 5 heteroatoms. The Bertz CT molecular complexity index is 388. The van der Waals surface area contributed by atoms with Crippen molar-refractivity contribution < 1.29 is 14.6 Å². The van der Waals surface area contributed by atoms with Crippen molar-refractivity contribution in [2.24, 2.45) is 0 Å². The number of hydrogen-bond donors (Lipinski definition) is 2. The maximum absolute atomic E-state index is 10.5. The summed E-state index contributed by atoms with van der Waals surface area (Å²) >= 11 is 0. The third-order valence-corrected chi connectivity index (χ3v) is 2.13. The highest BCUT2D eigenvalue weighted by molar-refractivity contribution is 5.85. The van der Waals surface area contributed by atoms with E-state index in [1.165, 1.54) is 0 Å². The summed E-state index contributed by atoms with van der Waals surface area (Å²) in [4.78, 5) is 10.5. The van der Waals surface area contributed by atoms with Crippen LogP contribution in [0.2, 0.25) is 0 Å². The first-order valence-electron chi connectivity index (χ1n) is 5.56. The van der Waals surface area contributed by atoms with Gasteiger partial charge in [-0.2, -0.15) is 0 Å². The fraction of sp³-hybridized carbons (Fsp3) is 0.462. The Morgan fingerprint density at radius 3 is 2.50 bits per heavy atom. The number of rotatable bonds is 5. The number of nitrogens with one attached hydrogen (secondary N) is 1. The van der Waals surface area contributed by atoms with Gasteiger partial charge >= 0.3 is 5.97 Å². The van der Waals surface area contributed by atoms with Crippen LogP contribution in [0.25, 0.3) is 0 Å². The van der Waals surface area contributed by atoms with Gasteiger partial charge in [-0.25, -0.2) is 4.79 Å². The van der Waals surface area contributed by atoms with Crippen molar-refractivity contribution in [1.29, 1.82) is 0 Å². The van der Waals surface area contributed by atoms with E-state index in [1.54, 1.807) is 6.07 Å². The quantitative estimate of drug-likeness (QED) is 0.865. The van der Waals surface area contributed by atoms with Gasteiger partial charge in [0.2, 0.25) is 0 Å². The van der Waals surface area contributed by atoms with Gasteiger partial charge in [0.1, 0.15) is 5.75 Å². The minimum absolute atomic E-state index is 0. The van der Waals surface area contributed by atoms with Crippen molar-refractivity contribution in [2.75, 3.05) is 6.61 Å². The SMILES string of the molecule is CC(C)(C)NCc1ccccc1OCC(=O)O.Cl. The molecule has 2 N–H and O–H groups in total. The summed E-state index contributed by atoms with van der Waals surface area (Å²) in [7, 11) is 0. The van der Waals surface area contributed by atoms with Crippen LogP contribution >= 0.6 is 12.4 Å². The minimum atomic E-state index is -0.969. The largest absolute Gasteiger partial charge is 0.482 e. The fourth-order valence-electron chi connectivity index (χ4n) is 1.29. The maximum atomic E-state index is 10.5. The number of carbonyl (C=O) groups is 1. The van der Waals surface area contributed by atoms with E-state index in [-0.39, 0.29) is 24.6 Å². The molecule has 0 heterocycles. The highest BCUT2D eigenvalue weighted by atomic mass is 35.5. The molecule has 0 bridgehead atoms. The molecule has 0 spiro atoms. The molecule has 0 aromatic heterocycles. The predicted molar refractivity (Wildman–Crippen MR) is 73.4 cm³/mol. The standard InChI is InChI=1S/C13H19NO3.ClH/c1-13(2,3)14-8-10-6-4-5-7-11(10)17-9-12(15)16;/h4-7,14H,8-9H2,1-3H3,(H,15,16);1H. The molecule has 0 radical (unpaired) electrons. The zero-order valence-electron chi connectivity index (χ0n) is 10.9. The molecular formula is C13H20ClNO3. The van der Waals surface area contributed by atoms with E-state index in [0.717, 1.165) is 5.56 Å². The first kappa shape index (κ1) is 16.7. The van der Waals surface area contributed by atoms with E-state index in [4.69, 9.17) is 9.84 Å². The Balaban J connectivity index is 0.00000289. The van der Waals surface area contributed by atoms with Gasteiger partial charge in [-0.3, -0.25) is 0 Å². The van der Waals surface area contributed by atoms with Gasteiger partial charge in [0.05, 0.1) is 0 Å². The molecular weight excluding hydrogens is 254 g/mol. The summed E-state index contributed by atoms with van der Waals surface area (Å²) in [6.45, 7) is 6.57. The normalized spacial score (nSPS) is 10.6. The number of aliphatic carboxylic acids is 1. The van der Waals surface area contributed by atoms with E-state index in [2.05, 4.69) is 26.1 Å². The van der Waals surface area contributed by atoms with Crippen molar-refractivity contribution in [3.63, 3.8) is 0 Å². The molecule has 0 saturated carbocycles. The lowest BCUT2D eigenvalue weighted by Gasteiger charge is -2.21. The van der Waals surface area contributed by atoms with E-state index in [0.29, 0.717) is 12.3 Å². The molecule has 1 aromatic carbocycles. The Labute approximate surface area is 114 Å². The number of halogens is 1. The molecule has 1 rings (SSSR count). The smallest absolute Gasteiger partial charge is 0.341 e. The lowest BCUT2D eigenvalue weighted by atomic mass is 10.1. The monoisotopic (exact) mass is 273 g/mol. The summed E-state index contributed by atoms with van der Waals surface area (Å²) in [6, 6.07) is 7.45. The van der Waals surface area contributed by atoms with E-state index in [1.807, 2.05) is 18.2 Å². The van der Waals surface area contributed by atoms with Crippen molar-refractivity contribution in [3.8, 4) is 5.75 Å².